The molecule has 0 fully saturated rings. The molecular formula is C21H16FN5O2. The van der Waals surface area contributed by atoms with Crippen molar-refractivity contribution in [1.82, 2.24) is 15.1 Å². The maximum atomic E-state index is 13.0. The lowest BCUT2D eigenvalue weighted by molar-refractivity contribution is 0.422. The minimum Gasteiger partial charge on any atom is -0.419 e. The van der Waals surface area contributed by atoms with Gasteiger partial charge in [0.25, 0.3) is 5.89 Å². The van der Waals surface area contributed by atoms with E-state index in [1.807, 2.05) is 30.3 Å². The Morgan fingerprint density at radius 3 is 2.45 bits per heavy atom. The Morgan fingerprint density at radius 1 is 1.00 bits per heavy atom. The summed E-state index contributed by atoms with van der Waals surface area (Å²) in [7, 11) is 1.80. The number of hydrogen-bond acceptors (Lipinski definition) is 7. The zero-order valence-corrected chi connectivity index (χ0v) is 15.5. The molecule has 0 saturated carbocycles. The summed E-state index contributed by atoms with van der Waals surface area (Å²) in [5.41, 5.74) is 1.66. The van der Waals surface area contributed by atoms with Gasteiger partial charge in [-0.1, -0.05) is 23.4 Å². The molecule has 0 spiro atoms. The second kappa shape index (κ2) is 7.94. The molecule has 4 rings (SSSR count). The van der Waals surface area contributed by atoms with Crippen molar-refractivity contribution in [1.29, 1.82) is 5.26 Å². The topological polar surface area (TPSA) is 92.0 Å². The Hall–Kier alpha value is -3.99. The highest BCUT2D eigenvalue weighted by Gasteiger charge is 2.19. The lowest BCUT2D eigenvalue weighted by atomic mass is 10.2. The first kappa shape index (κ1) is 18.4. The Labute approximate surface area is 166 Å². The first-order chi connectivity index (χ1) is 14.1. The second-order valence-corrected chi connectivity index (χ2v) is 6.34. The Kier molecular flexibility index (Phi) is 5.03. The van der Waals surface area contributed by atoms with E-state index in [-0.39, 0.29) is 11.5 Å². The molecule has 8 heteroatoms. The van der Waals surface area contributed by atoms with Crippen molar-refractivity contribution in [2.24, 2.45) is 0 Å². The molecular weight excluding hydrogens is 373 g/mol. The number of hydrogen-bond donors (Lipinski definition) is 0. The number of anilines is 1. The standard InChI is InChI=1S/C21H16FN5O2/c1-27(21-17(13-23)24-19(28-21)14-5-3-2-4-6-14)12-11-18-25-20(29-26-18)15-7-9-16(22)10-8-15/h2-10H,11-12H2,1H3. The largest absolute Gasteiger partial charge is 0.419 e. The number of nitrogens with zero attached hydrogens (tertiary/aromatic N) is 5. The molecule has 2 aromatic heterocycles. The molecule has 29 heavy (non-hydrogen) atoms. The predicted octanol–water partition coefficient (Wildman–Crippen LogP) is 4.08. The molecule has 2 heterocycles. The molecule has 7 nitrogen and oxygen atoms in total. The van der Waals surface area contributed by atoms with E-state index in [0.717, 1.165) is 5.56 Å². The van der Waals surface area contributed by atoms with Crippen LogP contribution < -0.4 is 4.90 Å². The summed E-state index contributed by atoms with van der Waals surface area (Å²) >= 11 is 0. The SMILES string of the molecule is CN(CCc1noc(-c2ccc(F)cc2)n1)c1oc(-c2ccccc2)nc1C#N. The summed E-state index contributed by atoms with van der Waals surface area (Å²) in [6.45, 7) is 0.487. The Bertz CT molecular complexity index is 1150. The zero-order valence-electron chi connectivity index (χ0n) is 15.5. The van der Waals surface area contributed by atoms with Gasteiger partial charge in [0, 0.05) is 31.1 Å². The van der Waals surface area contributed by atoms with Crippen molar-refractivity contribution >= 4 is 5.88 Å². The molecule has 0 amide bonds. The van der Waals surface area contributed by atoms with E-state index in [0.29, 0.717) is 42.0 Å². The van der Waals surface area contributed by atoms with Crippen LogP contribution in [0.1, 0.15) is 11.5 Å². The van der Waals surface area contributed by atoms with Gasteiger partial charge in [-0.15, -0.1) is 0 Å². The summed E-state index contributed by atoms with van der Waals surface area (Å²) < 4.78 is 24.1. The zero-order chi connectivity index (χ0) is 20.2. The molecule has 0 radical (unpaired) electrons. The van der Waals surface area contributed by atoms with Crippen LogP contribution in [0.3, 0.4) is 0 Å². The number of likely N-dealkylation sites (N-methyl/N-ethyl adjacent to an activating group) is 1. The predicted molar refractivity (Wildman–Crippen MR) is 103 cm³/mol. The third-order valence-corrected chi connectivity index (χ3v) is 4.31. The number of rotatable bonds is 6. The van der Waals surface area contributed by atoms with Crippen LogP contribution in [0.25, 0.3) is 22.9 Å². The van der Waals surface area contributed by atoms with Gasteiger partial charge in [0.1, 0.15) is 11.9 Å². The van der Waals surface area contributed by atoms with Crippen LogP contribution in [0.5, 0.6) is 0 Å². The minimum absolute atomic E-state index is 0.214. The average Bonchev–Trinajstić information content (AvgIpc) is 3.40. The van der Waals surface area contributed by atoms with Crippen molar-refractivity contribution in [3.8, 4) is 29.0 Å². The van der Waals surface area contributed by atoms with Crippen molar-refractivity contribution in [2.45, 2.75) is 6.42 Å². The number of oxazole rings is 1. The van der Waals surface area contributed by atoms with Gasteiger partial charge < -0.3 is 13.8 Å². The highest BCUT2D eigenvalue weighted by molar-refractivity contribution is 5.59. The fourth-order valence-electron chi connectivity index (χ4n) is 2.78. The van der Waals surface area contributed by atoms with Crippen LogP contribution in [0.2, 0.25) is 0 Å². The van der Waals surface area contributed by atoms with E-state index in [1.165, 1.54) is 12.1 Å². The van der Waals surface area contributed by atoms with Gasteiger partial charge in [0.2, 0.25) is 17.5 Å². The quantitative estimate of drug-likeness (QED) is 0.490. The number of halogens is 1. The molecule has 0 bridgehead atoms. The third-order valence-electron chi connectivity index (χ3n) is 4.31. The van der Waals surface area contributed by atoms with E-state index >= 15 is 0 Å². The van der Waals surface area contributed by atoms with Crippen LogP contribution in [-0.2, 0) is 6.42 Å². The van der Waals surface area contributed by atoms with Gasteiger partial charge in [-0.2, -0.15) is 15.2 Å². The lowest BCUT2D eigenvalue weighted by Gasteiger charge is -2.14. The van der Waals surface area contributed by atoms with Crippen molar-refractivity contribution in [3.63, 3.8) is 0 Å². The van der Waals surface area contributed by atoms with E-state index in [4.69, 9.17) is 8.94 Å². The van der Waals surface area contributed by atoms with Gasteiger partial charge >= 0.3 is 0 Å². The van der Waals surface area contributed by atoms with Crippen LogP contribution >= 0.6 is 0 Å². The minimum atomic E-state index is -0.328. The summed E-state index contributed by atoms with van der Waals surface area (Å²) in [5.74, 6) is 1.27. The van der Waals surface area contributed by atoms with E-state index in [2.05, 4.69) is 21.2 Å². The van der Waals surface area contributed by atoms with E-state index in [9.17, 15) is 9.65 Å². The van der Waals surface area contributed by atoms with Gasteiger partial charge in [-0.25, -0.2) is 4.39 Å². The highest BCUT2D eigenvalue weighted by Crippen LogP contribution is 2.27. The van der Waals surface area contributed by atoms with Gasteiger partial charge in [-0.05, 0) is 36.4 Å². The normalized spacial score (nSPS) is 10.7. The summed E-state index contributed by atoms with van der Waals surface area (Å²) in [6.07, 6.45) is 0.466. The van der Waals surface area contributed by atoms with Gasteiger partial charge in [-0.3, -0.25) is 0 Å². The number of benzene rings is 2. The van der Waals surface area contributed by atoms with Crippen molar-refractivity contribution < 1.29 is 13.3 Å². The fourth-order valence-corrected chi connectivity index (χ4v) is 2.78. The molecule has 2 aromatic carbocycles. The van der Waals surface area contributed by atoms with Crippen LogP contribution in [-0.4, -0.2) is 28.7 Å². The molecule has 144 valence electrons. The first-order valence-corrected chi connectivity index (χ1v) is 8.90. The molecule has 0 aliphatic heterocycles. The smallest absolute Gasteiger partial charge is 0.257 e. The Morgan fingerprint density at radius 2 is 1.72 bits per heavy atom. The maximum absolute atomic E-state index is 13.0. The average molecular weight is 389 g/mol. The van der Waals surface area contributed by atoms with Gasteiger partial charge in [0.15, 0.2) is 5.82 Å². The molecule has 4 aromatic rings. The summed E-state index contributed by atoms with van der Waals surface area (Å²) in [6, 6.07) is 17.3. The van der Waals surface area contributed by atoms with E-state index < -0.39 is 0 Å². The van der Waals surface area contributed by atoms with Crippen LogP contribution in [0, 0.1) is 17.1 Å². The molecule has 0 aliphatic carbocycles. The Balaban J connectivity index is 1.46. The second-order valence-electron chi connectivity index (χ2n) is 6.34. The third kappa shape index (κ3) is 3.99. The van der Waals surface area contributed by atoms with Crippen LogP contribution in [0.4, 0.5) is 10.3 Å². The van der Waals surface area contributed by atoms with Crippen molar-refractivity contribution in [3.05, 3.63) is 71.9 Å². The molecule has 0 aliphatic rings. The molecule has 0 N–H and O–H groups in total. The van der Waals surface area contributed by atoms with Crippen molar-refractivity contribution in [2.75, 3.05) is 18.5 Å². The first-order valence-electron chi connectivity index (χ1n) is 8.90. The highest BCUT2D eigenvalue weighted by atomic mass is 19.1. The monoisotopic (exact) mass is 389 g/mol. The van der Waals surface area contributed by atoms with Gasteiger partial charge in [0.05, 0.1) is 0 Å². The summed E-state index contributed by atoms with van der Waals surface area (Å²) in [4.78, 5) is 10.4. The van der Waals surface area contributed by atoms with Crippen LogP contribution in [0.15, 0.2) is 63.5 Å². The fraction of sp³-hybridized carbons (Fsp3) is 0.143. The maximum Gasteiger partial charge on any atom is 0.257 e. The molecule has 0 unspecified atom stereocenters. The van der Waals surface area contributed by atoms with E-state index in [1.54, 1.807) is 24.1 Å². The number of nitriles is 1. The lowest BCUT2D eigenvalue weighted by Crippen LogP contribution is -2.21. The summed E-state index contributed by atoms with van der Waals surface area (Å²) in [5, 5.41) is 13.4. The molecule has 0 atom stereocenters. The number of aromatic nitrogens is 3. The molecule has 0 saturated heterocycles.